The van der Waals surface area contributed by atoms with E-state index in [1.807, 2.05) is 11.8 Å². The molecule has 5 nitrogen and oxygen atoms in total. The molecule has 2 rings (SSSR count). The summed E-state index contributed by atoms with van der Waals surface area (Å²) in [5, 5.41) is 4.06. The van der Waals surface area contributed by atoms with Crippen molar-refractivity contribution in [3.05, 3.63) is 11.7 Å². The standard InChI is InChI=1S/C14H25N3O2S/c1-10(2)11(5-6-15)3-4-13-16-14(17-19-13)12-9-20-8-7-18-12/h10-12H,3-9,15H2,1-2H3. The van der Waals surface area contributed by atoms with Crippen LogP contribution in [0, 0.1) is 11.8 Å². The number of aromatic nitrogens is 2. The predicted molar refractivity (Wildman–Crippen MR) is 80.6 cm³/mol. The highest BCUT2D eigenvalue weighted by molar-refractivity contribution is 7.99. The number of hydrogen-bond acceptors (Lipinski definition) is 6. The van der Waals surface area contributed by atoms with E-state index in [1.54, 1.807) is 0 Å². The summed E-state index contributed by atoms with van der Waals surface area (Å²) in [6, 6.07) is 0. The summed E-state index contributed by atoms with van der Waals surface area (Å²) >= 11 is 1.88. The second-order valence-electron chi connectivity index (χ2n) is 5.60. The van der Waals surface area contributed by atoms with Crippen LogP contribution < -0.4 is 5.73 Å². The molecule has 0 saturated carbocycles. The smallest absolute Gasteiger partial charge is 0.226 e. The molecule has 20 heavy (non-hydrogen) atoms. The lowest BCUT2D eigenvalue weighted by Gasteiger charge is -2.19. The van der Waals surface area contributed by atoms with Gasteiger partial charge in [0.15, 0.2) is 0 Å². The van der Waals surface area contributed by atoms with Gasteiger partial charge >= 0.3 is 0 Å². The van der Waals surface area contributed by atoms with Crippen molar-refractivity contribution in [1.29, 1.82) is 0 Å². The summed E-state index contributed by atoms with van der Waals surface area (Å²) in [6.07, 6.45) is 2.93. The van der Waals surface area contributed by atoms with Gasteiger partial charge in [-0.15, -0.1) is 0 Å². The number of ether oxygens (including phenoxy) is 1. The van der Waals surface area contributed by atoms with Crippen molar-refractivity contribution in [3.8, 4) is 0 Å². The Labute approximate surface area is 125 Å². The second-order valence-corrected chi connectivity index (χ2v) is 6.75. The van der Waals surface area contributed by atoms with Crippen molar-refractivity contribution >= 4 is 11.8 Å². The molecule has 6 heteroatoms. The van der Waals surface area contributed by atoms with Crippen LogP contribution in [0.5, 0.6) is 0 Å². The van der Waals surface area contributed by atoms with Crippen LogP contribution in [0.1, 0.15) is 44.5 Å². The lowest BCUT2D eigenvalue weighted by molar-refractivity contribution is 0.0677. The van der Waals surface area contributed by atoms with Gasteiger partial charge < -0.3 is 15.0 Å². The van der Waals surface area contributed by atoms with Crippen molar-refractivity contribution < 1.29 is 9.26 Å². The molecular formula is C14H25N3O2S. The molecule has 1 saturated heterocycles. The van der Waals surface area contributed by atoms with Gasteiger partial charge in [-0.1, -0.05) is 19.0 Å². The molecule has 1 aromatic heterocycles. The molecule has 0 spiro atoms. The van der Waals surface area contributed by atoms with Crippen molar-refractivity contribution in [1.82, 2.24) is 10.1 Å². The maximum Gasteiger partial charge on any atom is 0.226 e. The number of hydrogen-bond donors (Lipinski definition) is 1. The van der Waals surface area contributed by atoms with E-state index in [0.717, 1.165) is 49.8 Å². The lowest BCUT2D eigenvalue weighted by atomic mass is 9.88. The van der Waals surface area contributed by atoms with E-state index in [-0.39, 0.29) is 6.10 Å². The van der Waals surface area contributed by atoms with Crippen LogP contribution in [-0.2, 0) is 11.2 Å². The van der Waals surface area contributed by atoms with Crippen LogP contribution in [0.3, 0.4) is 0 Å². The Morgan fingerprint density at radius 3 is 2.90 bits per heavy atom. The van der Waals surface area contributed by atoms with Gasteiger partial charge in [-0.2, -0.15) is 16.7 Å². The number of thioether (sulfide) groups is 1. The SMILES string of the molecule is CC(C)C(CCN)CCc1nc(C2CSCCO2)no1. The molecule has 1 aliphatic heterocycles. The number of rotatable bonds is 7. The van der Waals surface area contributed by atoms with Gasteiger partial charge in [0.25, 0.3) is 0 Å². The molecule has 1 fully saturated rings. The fourth-order valence-corrected chi connectivity index (χ4v) is 3.31. The van der Waals surface area contributed by atoms with Gasteiger partial charge in [0.2, 0.25) is 11.7 Å². The molecule has 0 aliphatic carbocycles. The Morgan fingerprint density at radius 2 is 2.25 bits per heavy atom. The van der Waals surface area contributed by atoms with Gasteiger partial charge in [-0.3, -0.25) is 0 Å². The minimum atomic E-state index is -0.00353. The monoisotopic (exact) mass is 299 g/mol. The van der Waals surface area contributed by atoms with E-state index in [4.69, 9.17) is 15.0 Å². The highest BCUT2D eigenvalue weighted by atomic mass is 32.2. The van der Waals surface area contributed by atoms with Gasteiger partial charge in [-0.05, 0) is 31.2 Å². The summed E-state index contributed by atoms with van der Waals surface area (Å²) in [6.45, 7) is 6.00. The molecular weight excluding hydrogens is 274 g/mol. The highest BCUT2D eigenvalue weighted by Crippen LogP contribution is 2.25. The minimum absolute atomic E-state index is 0.00353. The number of nitrogens with two attached hydrogens (primary N) is 1. The topological polar surface area (TPSA) is 74.2 Å². The molecule has 1 aromatic rings. The minimum Gasteiger partial charge on any atom is -0.368 e. The van der Waals surface area contributed by atoms with Gasteiger partial charge in [-0.25, -0.2) is 0 Å². The van der Waals surface area contributed by atoms with Crippen LogP contribution in [0.2, 0.25) is 0 Å². The van der Waals surface area contributed by atoms with Crippen molar-refractivity contribution in [3.63, 3.8) is 0 Å². The zero-order valence-corrected chi connectivity index (χ0v) is 13.2. The van der Waals surface area contributed by atoms with E-state index >= 15 is 0 Å². The molecule has 114 valence electrons. The molecule has 2 unspecified atom stereocenters. The molecule has 1 aliphatic rings. The fourth-order valence-electron chi connectivity index (χ4n) is 2.47. The summed E-state index contributed by atoms with van der Waals surface area (Å²) in [5.74, 6) is 4.65. The quantitative estimate of drug-likeness (QED) is 0.833. The zero-order valence-electron chi connectivity index (χ0n) is 12.4. The first-order valence-electron chi connectivity index (χ1n) is 7.42. The zero-order chi connectivity index (χ0) is 14.4. The van der Waals surface area contributed by atoms with Gasteiger partial charge in [0, 0.05) is 17.9 Å². The van der Waals surface area contributed by atoms with E-state index in [2.05, 4.69) is 24.0 Å². The van der Waals surface area contributed by atoms with Crippen molar-refractivity contribution in [2.24, 2.45) is 17.6 Å². The third kappa shape index (κ3) is 4.46. The Kier molecular flexibility index (Phi) is 6.32. The number of aryl methyl sites for hydroxylation is 1. The largest absolute Gasteiger partial charge is 0.368 e. The Morgan fingerprint density at radius 1 is 1.40 bits per heavy atom. The van der Waals surface area contributed by atoms with Gasteiger partial charge in [0.05, 0.1) is 6.61 Å². The first-order chi connectivity index (χ1) is 9.70. The highest BCUT2D eigenvalue weighted by Gasteiger charge is 2.22. The van der Waals surface area contributed by atoms with E-state index in [9.17, 15) is 0 Å². The van der Waals surface area contributed by atoms with E-state index < -0.39 is 0 Å². The van der Waals surface area contributed by atoms with Crippen LogP contribution >= 0.6 is 11.8 Å². The summed E-state index contributed by atoms with van der Waals surface area (Å²) in [4.78, 5) is 4.48. The predicted octanol–water partition coefficient (Wildman–Crippen LogP) is 2.43. The number of nitrogens with zero attached hydrogens (tertiary/aromatic N) is 2. The third-order valence-corrected chi connectivity index (χ3v) is 4.79. The molecule has 0 amide bonds. The molecule has 0 bridgehead atoms. The average molecular weight is 299 g/mol. The van der Waals surface area contributed by atoms with Crippen LogP contribution in [0.25, 0.3) is 0 Å². The lowest BCUT2D eigenvalue weighted by Crippen LogP contribution is -2.17. The normalized spacial score (nSPS) is 21.3. The second kappa shape index (κ2) is 8.00. The van der Waals surface area contributed by atoms with Crippen molar-refractivity contribution in [2.75, 3.05) is 24.7 Å². The maximum atomic E-state index is 5.67. The third-order valence-electron chi connectivity index (χ3n) is 3.80. The fraction of sp³-hybridized carbons (Fsp3) is 0.857. The maximum absolute atomic E-state index is 5.67. The first-order valence-corrected chi connectivity index (χ1v) is 8.58. The molecule has 2 N–H and O–H groups in total. The molecule has 0 aromatic carbocycles. The van der Waals surface area contributed by atoms with Crippen LogP contribution in [0.4, 0.5) is 0 Å². The van der Waals surface area contributed by atoms with E-state index in [1.165, 1.54) is 0 Å². The summed E-state index contributed by atoms with van der Waals surface area (Å²) in [7, 11) is 0. The van der Waals surface area contributed by atoms with E-state index in [0.29, 0.717) is 17.7 Å². The Balaban J connectivity index is 1.85. The summed E-state index contributed by atoms with van der Waals surface area (Å²) < 4.78 is 11.0. The summed E-state index contributed by atoms with van der Waals surface area (Å²) in [5.41, 5.74) is 5.67. The Bertz CT molecular complexity index is 392. The molecule has 2 heterocycles. The van der Waals surface area contributed by atoms with Crippen LogP contribution in [0.15, 0.2) is 4.52 Å². The van der Waals surface area contributed by atoms with Crippen molar-refractivity contribution in [2.45, 2.75) is 39.2 Å². The Hall–Kier alpha value is -0.590. The molecule has 0 radical (unpaired) electrons. The first kappa shape index (κ1) is 15.8. The average Bonchev–Trinajstić information content (AvgIpc) is 2.93. The van der Waals surface area contributed by atoms with Crippen LogP contribution in [-0.4, -0.2) is 34.8 Å². The molecule has 2 atom stereocenters. The van der Waals surface area contributed by atoms with Gasteiger partial charge in [0.1, 0.15) is 6.10 Å².